The summed E-state index contributed by atoms with van der Waals surface area (Å²) in [5.41, 5.74) is 0.549. The van der Waals surface area contributed by atoms with Gasteiger partial charge in [0.2, 0.25) is 5.78 Å². The molecule has 0 spiro atoms. The number of carbonyl (C=O) groups excluding carboxylic acids is 1. The molecule has 0 radical (unpaired) electrons. The Morgan fingerprint density at radius 1 is 1.44 bits per heavy atom. The Kier molecular flexibility index (Phi) is 3.67. The van der Waals surface area contributed by atoms with E-state index in [0.717, 1.165) is 6.07 Å². The van der Waals surface area contributed by atoms with E-state index in [1.54, 1.807) is 29.9 Å². The highest BCUT2D eigenvalue weighted by atomic mass is 35.5. The maximum atomic E-state index is 12.8. The number of halogens is 2. The molecule has 1 heterocycles. The maximum Gasteiger partial charge on any atom is 0.216 e. The van der Waals surface area contributed by atoms with Gasteiger partial charge in [-0.05, 0) is 30.3 Å². The third kappa shape index (κ3) is 2.71. The molecule has 0 unspecified atom stereocenters. The molecular weight excluding hydrogens is 257 g/mol. The summed E-state index contributed by atoms with van der Waals surface area (Å²) in [5, 5.41) is 0.148. The highest BCUT2D eigenvalue weighted by Crippen LogP contribution is 2.24. The summed E-state index contributed by atoms with van der Waals surface area (Å²) in [6.45, 7) is -0.136. The molecule has 2 rings (SSSR count). The number of nitrogens with zero attached hydrogens (tertiary/aromatic N) is 1. The van der Waals surface area contributed by atoms with E-state index in [-0.39, 0.29) is 17.4 Å². The van der Waals surface area contributed by atoms with Crippen LogP contribution in [0.2, 0.25) is 5.02 Å². The second kappa shape index (κ2) is 5.23. The first kappa shape index (κ1) is 12.6. The Morgan fingerprint density at radius 2 is 2.22 bits per heavy atom. The van der Waals surface area contributed by atoms with Crippen molar-refractivity contribution in [2.45, 2.75) is 0 Å². The van der Waals surface area contributed by atoms with Gasteiger partial charge in [-0.25, -0.2) is 4.39 Å². The molecule has 1 aromatic carbocycles. The van der Waals surface area contributed by atoms with Crippen molar-refractivity contribution < 1.29 is 13.9 Å². The van der Waals surface area contributed by atoms with Gasteiger partial charge in [0, 0.05) is 13.2 Å². The van der Waals surface area contributed by atoms with Crippen LogP contribution in [0.3, 0.4) is 0 Å². The summed E-state index contributed by atoms with van der Waals surface area (Å²) < 4.78 is 19.8. The molecule has 0 N–H and O–H groups in total. The van der Waals surface area contributed by atoms with E-state index >= 15 is 0 Å². The zero-order chi connectivity index (χ0) is 13.1. The van der Waals surface area contributed by atoms with Gasteiger partial charge in [0.25, 0.3) is 0 Å². The summed E-state index contributed by atoms with van der Waals surface area (Å²) in [6, 6.07) is 7.25. The summed E-state index contributed by atoms with van der Waals surface area (Å²) in [6.07, 6.45) is 1.78. The molecular formula is C13H11ClFNO2. The van der Waals surface area contributed by atoms with Gasteiger partial charge >= 0.3 is 0 Å². The summed E-state index contributed by atoms with van der Waals surface area (Å²) in [4.78, 5) is 11.8. The smallest absolute Gasteiger partial charge is 0.216 e. The van der Waals surface area contributed by atoms with Crippen LogP contribution < -0.4 is 4.74 Å². The van der Waals surface area contributed by atoms with Crippen molar-refractivity contribution in [2.75, 3.05) is 6.61 Å². The van der Waals surface area contributed by atoms with Crippen LogP contribution in [0.5, 0.6) is 5.75 Å². The number of aryl methyl sites for hydroxylation is 1. The van der Waals surface area contributed by atoms with Crippen LogP contribution in [-0.4, -0.2) is 17.0 Å². The summed E-state index contributed by atoms with van der Waals surface area (Å²) in [7, 11) is 1.78. The third-order valence-electron chi connectivity index (χ3n) is 2.48. The largest absolute Gasteiger partial charge is 0.484 e. The second-order valence-corrected chi connectivity index (χ2v) is 4.20. The van der Waals surface area contributed by atoms with Crippen LogP contribution in [-0.2, 0) is 7.05 Å². The van der Waals surface area contributed by atoms with Crippen LogP contribution in [0.1, 0.15) is 10.5 Å². The number of ether oxygens (including phenoxy) is 1. The maximum absolute atomic E-state index is 12.8. The lowest BCUT2D eigenvalue weighted by Crippen LogP contribution is -2.14. The lowest BCUT2D eigenvalue weighted by Gasteiger charge is -2.07. The van der Waals surface area contributed by atoms with Gasteiger partial charge in [0.1, 0.15) is 11.6 Å². The van der Waals surface area contributed by atoms with E-state index in [1.807, 2.05) is 0 Å². The molecule has 2 aromatic rings. The molecule has 18 heavy (non-hydrogen) atoms. The van der Waals surface area contributed by atoms with E-state index in [0.29, 0.717) is 11.4 Å². The Morgan fingerprint density at radius 3 is 2.83 bits per heavy atom. The number of benzene rings is 1. The number of hydrogen-bond acceptors (Lipinski definition) is 2. The Hall–Kier alpha value is -1.81. The van der Waals surface area contributed by atoms with Crippen molar-refractivity contribution in [3.05, 3.63) is 53.1 Å². The molecule has 1 aromatic heterocycles. The molecule has 0 atom stereocenters. The number of hydrogen-bond donors (Lipinski definition) is 0. The van der Waals surface area contributed by atoms with E-state index in [1.165, 1.54) is 12.1 Å². The highest BCUT2D eigenvalue weighted by Gasteiger charge is 2.11. The predicted octanol–water partition coefficient (Wildman–Crippen LogP) is 3.08. The zero-order valence-electron chi connectivity index (χ0n) is 9.69. The normalized spacial score (nSPS) is 10.4. The Balaban J connectivity index is 2.04. The fourth-order valence-electron chi connectivity index (χ4n) is 1.56. The standard InChI is InChI=1S/C13H11ClFNO2/c1-16-6-2-3-11(16)12(17)8-18-13-5-4-9(15)7-10(13)14/h2-7H,8H2,1H3. The molecule has 0 saturated heterocycles. The van der Waals surface area contributed by atoms with Gasteiger partial charge in [-0.15, -0.1) is 0 Å². The first-order valence-corrected chi connectivity index (χ1v) is 5.68. The quantitative estimate of drug-likeness (QED) is 0.797. The van der Waals surface area contributed by atoms with E-state index in [2.05, 4.69) is 0 Å². The number of ketones is 1. The minimum absolute atomic E-state index is 0.136. The van der Waals surface area contributed by atoms with Gasteiger partial charge in [-0.2, -0.15) is 0 Å². The van der Waals surface area contributed by atoms with E-state index in [4.69, 9.17) is 16.3 Å². The monoisotopic (exact) mass is 267 g/mol. The van der Waals surface area contributed by atoms with Gasteiger partial charge in [-0.3, -0.25) is 4.79 Å². The lowest BCUT2D eigenvalue weighted by molar-refractivity contribution is 0.0913. The minimum atomic E-state index is -0.443. The van der Waals surface area contributed by atoms with Crippen molar-refractivity contribution in [1.82, 2.24) is 4.57 Å². The molecule has 0 aliphatic carbocycles. The zero-order valence-corrected chi connectivity index (χ0v) is 10.4. The molecule has 94 valence electrons. The molecule has 3 nitrogen and oxygen atoms in total. The minimum Gasteiger partial charge on any atom is -0.484 e. The van der Waals surface area contributed by atoms with Crippen molar-refractivity contribution in [3.63, 3.8) is 0 Å². The van der Waals surface area contributed by atoms with Crippen LogP contribution in [0.15, 0.2) is 36.5 Å². The van der Waals surface area contributed by atoms with Crippen LogP contribution in [0, 0.1) is 5.82 Å². The first-order chi connectivity index (χ1) is 8.58. The average molecular weight is 268 g/mol. The van der Waals surface area contributed by atoms with Crippen LogP contribution >= 0.6 is 11.6 Å². The average Bonchev–Trinajstić information content (AvgIpc) is 2.74. The Labute approximate surface area is 109 Å². The van der Waals surface area contributed by atoms with Crippen molar-refractivity contribution in [1.29, 1.82) is 0 Å². The highest BCUT2D eigenvalue weighted by molar-refractivity contribution is 6.32. The van der Waals surface area contributed by atoms with Gasteiger partial charge < -0.3 is 9.30 Å². The topological polar surface area (TPSA) is 31.2 Å². The Bertz CT molecular complexity index is 580. The molecule has 5 heteroatoms. The molecule has 0 aliphatic heterocycles. The number of aromatic nitrogens is 1. The van der Waals surface area contributed by atoms with Crippen LogP contribution in [0.25, 0.3) is 0 Å². The first-order valence-electron chi connectivity index (χ1n) is 5.30. The summed E-state index contributed by atoms with van der Waals surface area (Å²) in [5.74, 6) is -0.315. The second-order valence-electron chi connectivity index (χ2n) is 3.79. The summed E-state index contributed by atoms with van der Waals surface area (Å²) >= 11 is 5.79. The molecule has 0 bridgehead atoms. The molecule has 0 aliphatic rings. The van der Waals surface area contributed by atoms with Crippen LogP contribution in [0.4, 0.5) is 4.39 Å². The SMILES string of the molecule is Cn1cccc1C(=O)COc1ccc(F)cc1Cl. The fraction of sp³-hybridized carbons (Fsp3) is 0.154. The van der Waals surface area contributed by atoms with Gasteiger partial charge in [-0.1, -0.05) is 11.6 Å². The predicted molar refractivity (Wildman–Crippen MR) is 66.6 cm³/mol. The van der Waals surface area contributed by atoms with Crippen molar-refractivity contribution >= 4 is 17.4 Å². The molecule has 0 fully saturated rings. The number of rotatable bonds is 4. The van der Waals surface area contributed by atoms with E-state index in [9.17, 15) is 9.18 Å². The lowest BCUT2D eigenvalue weighted by atomic mass is 10.3. The molecule has 0 saturated carbocycles. The van der Waals surface area contributed by atoms with Crippen molar-refractivity contribution in [3.8, 4) is 5.75 Å². The van der Waals surface area contributed by atoms with Crippen molar-refractivity contribution in [2.24, 2.45) is 7.05 Å². The third-order valence-corrected chi connectivity index (χ3v) is 2.78. The number of Topliss-reactive ketones (excluding diaryl/α,β-unsaturated/α-hetero) is 1. The number of carbonyl (C=O) groups is 1. The fourth-order valence-corrected chi connectivity index (χ4v) is 1.78. The molecule has 0 amide bonds. The van der Waals surface area contributed by atoms with Gasteiger partial charge in [0.15, 0.2) is 6.61 Å². The van der Waals surface area contributed by atoms with E-state index < -0.39 is 5.82 Å². The van der Waals surface area contributed by atoms with Gasteiger partial charge in [0.05, 0.1) is 10.7 Å².